The van der Waals surface area contributed by atoms with E-state index >= 15 is 0 Å². The molecule has 0 saturated carbocycles. The molecule has 0 saturated heterocycles. The van der Waals surface area contributed by atoms with Crippen LogP contribution in [0.15, 0.2) is 42.6 Å². The number of halogens is 2. The van der Waals surface area contributed by atoms with Gasteiger partial charge in [0.15, 0.2) is 12.7 Å². The van der Waals surface area contributed by atoms with Crippen molar-refractivity contribution in [2.24, 2.45) is 0 Å². The lowest BCUT2D eigenvalue weighted by Crippen LogP contribution is -2.38. The number of para-hydroxylation sites is 1. The van der Waals surface area contributed by atoms with E-state index in [2.05, 4.69) is 79.0 Å². The minimum Gasteiger partial charge on any atom is -0.197 e. The lowest BCUT2D eigenvalue weighted by atomic mass is 10.2. The second-order valence-corrected chi connectivity index (χ2v) is 5.41. The van der Waals surface area contributed by atoms with Gasteiger partial charge >= 0.3 is 0 Å². The first kappa shape index (κ1) is 11.1. The Morgan fingerprint density at radius 3 is 2.67 bits per heavy atom. The molecule has 1 atom stereocenters. The Balaban J connectivity index is 2.42. The van der Waals surface area contributed by atoms with Crippen LogP contribution in [0.2, 0.25) is 0 Å². The fourth-order valence-electron chi connectivity index (χ4n) is 1.64. The van der Waals surface area contributed by atoms with Crippen LogP contribution >= 0.6 is 31.9 Å². The van der Waals surface area contributed by atoms with Gasteiger partial charge in [-0.2, -0.15) is 4.57 Å². The predicted octanol–water partition coefficient (Wildman–Crippen LogP) is 3.29. The first-order valence-electron chi connectivity index (χ1n) is 4.88. The minimum atomic E-state index is 0.466. The zero-order valence-corrected chi connectivity index (χ0v) is 11.4. The molecule has 15 heavy (non-hydrogen) atoms. The summed E-state index contributed by atoms with van der Waals surface area (Å²) in [6.07, 6.45) is 2.12. The summed E-state index contributed by atoms with van der Waals surface area (Å²) in [4.78, 5) is 0.466. The van der Waals surface area contributed by atoms with E-state index in [0.717, 1.165) is 11.9 Å². The molecule has 1 nitrogen and oxygen atoms in total. The molecule has 78 valence electrons. The highest BCUT2D eigenvalue weighted by molar-refractivity contribution is 9.12. The van der Waals surface area contributed by atoms with E-state index in [1.54, 1.807) is 0 Å². The van der Waals surface area contributed by atoms with E-state index < -0.39 is 0 Å². The van der Waals surface area contributed by atoms with Gasteiger partial charge in [-0.15, -0.1) is 0 Å². The third-order valence-electron chi connectivity index (χ3n) is 2.35. The van der Waals surface area contributed by atoms with Gasteiger partial charge in [-0.05, 0) is 12.1 Å². The summed E-state index contributed by atoms with van der Waals surface area (Å²) in [5.41, 5.74) is 1.28. The van der Waals surface area contributed by atoms with Crippen molar-refractivity contribution in [2.75, 3.05) is 5.33 Å². The van der Waals surface area contributed by atoms with Crippen LogP contribution in [-0.2, 0) is 6.54 Å². The summed E-state index contributed by atoms with van der Waals surface area (Å²) in [6.45, 7) is 0.979. The smallest absolute Gasteiger partial charge is 0.197 e. The first-order chi connectivity index (χ1) is 7.31. The van der Waals surface area contributed by atoms with Crippen molar-refractivity contribution in [1.82, 2.24) is 0 Å². The molecule has 0 aliphatic heterocycles. The number of aromatic nitrogens is 1. The molecule has 2 aromatic rings. The van der Waals surface area contributed by atoms with Gasteiger partial charge in [0.2, 0.25) is 5.52 Å². The molecule has 0 fully saturated rings. The Bertz CT molecular complexity index is 451. The second-order valence-electron chi connectivity index (χ2n) is 3.47. The molecule has 0 unspecified atom stereocenters. The van der Waals surface area contributed by atoms with E-state index in [9.17, 15) is 0 Å². The molecular formula is C12H12Br2N+. The van der Waals surface area contributed by atoms with Gasteiger partial charge in [0, 0.05) is 22.8 Å². The van der Waals surface area contributed by atoms with Gasteiger partial charge in [-0.1, -0.05) is 44.0 Å². The van der Waals surface area contributed by atoms with Crippen molar-refractivity contribution < 1.29 is 4.57 Å². The van der Waals surface area contributed by atoms with Gasteiger partial charge in [-0.25, -0.2) is 0 Å². The van der Waals surface area contributed by atoms with E-state index in [0.29, 0.717) is 4.83 Å². The summed E-state index contributed by atoms with van der Waals surface area (Å²) in [7, 11) is 0. The van der Waals surface area contributed by atoms with Crippen LogP contribution in [0.4, 0.5) is 0 Å². The van der Waals surface area contributed by atoms with Crippen LogP contribution in [-0.4, -0.2) is 10.2 Å². The van der Waals surface area contributed by atoms with Crippen LogP contribution in [0.1, 0.15) is 0 Å². The van der Waals surface area contributed by atoms with Gasteiger partial charge in [-0.3, -0.25) is 0 Å². The largest absolute Gasteiger partial charge is 0.212 e. The van der Waals surface area contributed by atoms with Crippen LogP contribution < -0.4 is 4.57 Å². The Kier molecular flexibility index (Phi) is 3.76. The third kappa shape index (κ3) is 2.58. The number of fused-ring (bicyclic) bond motifs is 1. The number of hydrogen-bond acceptors (Lipinski definition) is 0. The fourth-order valence-corrected chi connectivity index (χ4v) is 2.16. The molecular weight excluding hydrogens is 318 g/mol. The first-order valence-corrected chi connectivity index (χ1v) is 6.92. The van der Waals surface area contributed by atoms with Crippen LogP contribution in [0, 0.1) is 0 Å². The Labute approximate surface area is 106 Å². The predicted molar refractivity (Wildman–Crippen MR) is 70.7 cm³/mol. The monoisotopic (exact) mass is 328 g/mol. The summed E-state index contributed by atoms with van der Waals surface area (Å²) in [6, 6.07) is 12.7. The molecule has 3 heteroatoms. The molecule has 0 radical (unpaired) electrons. The molecule has 1 aromatic carbocycles. The van der Waals surface area contributed by atoms with Gasteiger partial charge in [0.25, 0.3) is 0 Å². The summed E-state index contributed by atoms with van der Waals surface area (Å²) in [5.74, 6) is 0. The second kappa shape index (κ2) is 5.08. The number of pyridine rings is 1. The van der Waals surface area contributed by atoms with Crippen molar-refractivity contribution >= 4 is 42.8 Å². The molecule has 1 heterocycles. The van der Waals surface area contributed by atoms with Crippen LogP contribution in [0.3, 0.4) is 0 Å². The normalized spacial score (nSPS) is 12.9. The van der Waals surface area contributed by atoms with Crippen molar-refractivity contribution in [2.45, 2.75) is 11.4 Å². The number of benzene rings is 1. The molecule has 0 aliphatic rings. The lowest BCUT2D eigenvalue weighted by Gasteiger charge is -2.04. The SMILES string of the molecule is BrC[C@H](Br)C[n+]1cccc2ccccc21. The quantitative estimate of drug-likeness (QED) is 0.601. The van der Waals surface area contributed by atoms with E-state index in [-0.39, 0.29) is 0 Å². The highest BCUT2D eigenvalue weighted by Gasteiger charge is 2.12. The van der Waals surface area contributed by atoms with Gasteiger partial charge < -0.3 is 0 Å². The Hall–Kier alpha value is -0.410. The Morgan fingerprint density at radius 2 is 1.87 bits per heavy atom. The van der Waals surface area contributed by atoms with Crippen LogP contribution in [0.5, 0.6) is 0 Å². The zero-order chi connectivity index (χ0) is 10.7. The maximum absolute atomic E-state index is 3.63. The number of rotatable bonds is 3. The van der Waals surface area contributed by atoms with Gasteiger partial charge in [0.1, 0.15) is 0 Å². The summed E-state index contributed by atoms with van der Waals surface area (Å²) < 4.78 is 2.27. The molecule has 0 N–H and O–H groups in total. The van der Waals surface area contributed by atoms with E-state index in [1.165, 1.54) is 10.9 Å². The van der Waals surface area contributed by atoms with Crippen molar-refractivity contribution in [3.8, 4) is 0 Å². The summed E-state index contributed by atoms with van der Waals surface area (Å²) >= 11 is 7.11. The third-order valence-corrected chi connectivity index (χ3v) is 4.61. The average molecular weight is 330 g/mol. The summed E-state index contributed by atoms with van der Waals surface area (Å²) in [5, 5.41) is 2.25. The van der Waals surface area contributed by atoms with Crippen molar-refractivity contribution in [1.29, 1.82) is 0 Å². The average Bonchev–Trinajstić information content (AvgIpc) is 2.29. The van der Waals surface area contributed by atoms with E-state index in [1.807, 2.05) is 0 Å². The molecule has 0 spiro atoms. The highest BCUT2D eigenvalue weighted by Crippen LogP contribution is 2.10. The number of hydrogen-bond donors (Lipinski definition) is 0. The van der Waals surface area contributed by atoms with E-state index in [4.69, 9.17) is 0 Å². The Morgan fingerprint density at radius 1 is 1.13 bits per heavy atom. The van der Waals surface area contributed by atoms with Crippen LogP contribution in [0.25, 0.3) is 10.9 Å². The molecule has 0 aliphatic carbocycles. The highest BCUT2D eigenvalue weighted by atomic mass is 79.9. The number of nitrogens with zero attached hydrogens (tertiary/aromatic N) is 1. The minimum absolute atomic E-state index is 0.466. The maximum atomic E-state index is 3.63. The zero-order valence-electron chi connectivity index (χ0n) is 8.24. The lowest BCUT2D eigenvalue weighted by molar-refractivity contribution is -0.669. The number of alkyl halides is 2. The molecule has 0 amide bonds. The maximum Gasteiger partial charge on any atom is 0.212 e. The fraction of sp³-hybridized carbons (Fsp3) is 0.250. The van der Waals surface area contributed by atoms with Crippen molar-refractivity contribution in [3.63, 3.8) is 0 Å². The standard InChI is InChI=1S/C12H12Br2N/c13-8-11(14)9-15-7-3-5-10-4-1-2-6-12(10)15/h1-7,11H,8-9H2/q+1/t11-/m0/s1. The van der Waals surface area contributed by atoms with Crippen molar-refractivity contribution in [3.05, 3.63) is 42.6 Å². The molecule has 2 rings (SSSR count). The van der Waals surface area contributed by atoms with Gasteiger partial charge in [0.05, 0.1) is 4.83 Å². The topological polar surface area (TPSA) is 3.88 Å². The molecule has 0 bridgehead atoms. The molecule has 1 aromatic heterocycles.